The highest BCUT2D eigenvalue weighted by Gasteiger charge is 2.28. The maximum atomic E-state index is 10.5. The summed E-state index contributed by atoms with van der Waals surface area (Å²) in [6.07, 6.45) is 0.624. The molecule has 1 N–H and O–H groups in total. The second kappa shape index (κ2) is 3.71. The predicted molar refractivity (Wildman–Crippen MR) is 57.1 cm³/mol. The van der Waals surface area contributed by atoms with E-state index in [1.54, 1.807) is 0 Å². The molecule has 1 fully saturated rings. The minimum absolute atomic E-state index is 0.241. The lowest BCUT2D eigenvalue weighted by molar-refractivity contribution is 0.112. The van der Waals surface area contributed by atoms with Gasteiger partial charge in [0.1, 0.15) is 0 Å². The standard InChI is InChI=1S/C10H13NO2S/c1-7-3-11(4-10(7)13)8-2-9(5-12)14-6-8/h2,5-7,10,13H,3-4H2,1H3. The molecule has 0 aromatic carbocycles. The summed E-state index contributed by atoms with van der Waals surface area (Å²) in [5.41, 5.74) is 1.06. The van der Waals surface area contributed by atoms with Crippen LogP contribution in [0.4, 0.5) is 5.69 Å². The van der Waals surface area contributed by atoms with Crippen molar-refractivity contribution in [1.82, 2.24) is 0 Å². The molecule has 1 saturated heterocycles. The van der Waals surface area contributed by atoms with E-state index in [0.717, 1.165) is 23.4 Å². The lowest BCUT2D eigenvalue weighted by Gasteiger charge is -2.15. The third-order valence-corrected chi connectivity index (χ3v) is 3.51. The van der Waals surface area contributed by atoms with Crippen molar-refractivity contribution in [3.8, 4) is 0 Å². The zero-order valence-corrected chi connectivity index (χ0v) is 8.83. The van der Waals surface area contributed by atoms with Crippen molar-refractivity contribution in [3.63, 3.8) is 0 Å². The van der Waals surface area contributed by atoms with Crippen molar-refractivity contribution in [2.75, 3.05) is 18.0 Å². The molecule has 3 nitrogen and oxygen atoms in total. The Morgan fingerprint density at radius 2 is 2.43 bits per heavy atom. The summed E-state index contributed by atoms with van der Waals surface area (Å²) < 4.78 is 0. The average molecular weight is 211 g/mol. The molecule has 0 spiro atoms. The summed E-state index contributed by atoms with van der Waals surface area (Å²) in [7, 11) is 0. The molecule has 1 aromatic heterocycles. The van der Waals surface area contributed by atoms with Gasteiger partial charge in [-0.05, 0) is 6.07 Å². The molecule has 1 aliphatic heterocycles. The normalized spacial score (nSPS) is 26.9. The van der Waals surface area contributed by atoms with Gasteiger partial charge in [0.05, 0.1) is 11.0 Å². The number of aliphatic hydroxyl groups excluding tert-OH is 1. The van der Waals surface area contributed by atoms with Gasteiger partial charge in [0.2, 0.25) is 0 Å². The Bertz CT molecular complexity index is 327. The van der Waals surface area contributed by atoms with Gasteiger partial charge in [-0.2, -0.15) is 0 Å². The fourth-order valence-electron chi connectivity index (χ4n) is 1.73. The second-order valence-electron chi connectivity index (χ2n) is 3.77. The Balaban J connectivity index is 2.12. The molecule has 14 heavy (non-hydrogen) atoms. The number of rotatable bonds is 2. The van der Waals surface area contributed by atoms with Crippen molar-refractivity contribution >= 4 is 23.3 Å². The second-order valence-corrected chi connectivity index (χ2v) is 4.72. The lowest BCUT2D eigenvalue weighted by atomic mass is 10.1. The number of hydrogen-bond acceptors (Lipinski definition) is 4. The number of thiophene rings is 1. The maximum Gasteiger partial charge on any atom is 0.160 e. The van der Waals surface area contributed by atoms with Crippen LogP contribution in [0.25, 0.3) is 0 Å². The molecule has 4 heteroatoms. The first kappa shape index (κ1) is 9.68. The van der Waals surface area contributed by atoms with Gasteiger partial charge in [0, 0.05) is 30.1 Å². The highest BCUT2D eigenvalue weighted by Crippen LogP contribution is 2.27. The van der Waals surface area contributed by atoms with Crippen LogP contribution < -0.4 is 4.90 Å². The smallest absolute Gasteiger partial charge is 0.160 e. The Morgan fingerprint density at radius 3 is 2.93 bits per heavy atom. The van der Waals surface area contributed by atoms with Gasteiger partial charge in [0.15, 0.2) is 6.29 Å². The topological polar surface area (TPSA) is 40.5 Å². The fraction of sp³-hybridized carbons (Fsp3) is 0.500. The first-order chi connectivity index (χ1) is 6.70. The van der Waals surface area contributed by atoms with Crippen LogP contribution in [0.2, 0.25) is 0 Å². The van der Waals surface area contributed by atoms with Gasteiger partial charge in [-0.1, -0.05) is 6.92 Å². The third kappa shape index (κ3) is 1.67. The van der Waals surface area contributed by atoms with Crippen LogP contribution in [-0.2, 0) is 0 Å². The molecule has 76 valence electrons. The van der Waals surface area contributed by atoms with Gasteiger partial charge in [-0.3, -0.25) is 4.79 Å². The molecule has 2 heterocycles. The zero-order chi connectivity index (χ0) is 10.1. The number of nitrogens with zero attached hydrogens (tertiary/aromatic N) is 1. The van der Waals surface area contributed by atoms with E-state index in [-0.39, 0.29) is 6.10 Å². The number of carbonyl (C=O) groups excluding carboxylic acids is 1. The van der Waals surface area contributed by atoms with Crippen molar-refractivity contribution in [2.45, 2.75) is 13.0 Å². The summed E-state index contributed by atoms with van der Waals surface area (Å²) in [6.45, 7) is 3.59. The number of β-amino-alcohol motifs (C(OH)–C–C–N with tert-alkyl or cyclic N) is 1. The van der Waals surface area contributed by atoms with Gasteiger partial charge in [-0.15, -0.1) is 11.3 Å². The number of anilines is 1. The SMILES string of the molecule is CC1CN(c2csc(C=O)c2)CC1O. The third-order valence-electron chi connectivity index (χ3n) is 2.66. The summed E-state index contributed by atoms with van der Waals surface area (Å²) in [5, 5.41) is 11.6. The lowest BCUT2D eigenvalue weighted by Crippen LogP contribution is -2.20. The quantitative estimate of drug-likeness (QED) is 0.751. The van der Waals surface area contributed by atoms with Crippen molar-refractivity contribution in [3.05, 3.63) is 16.3 Å². The van der Waals surface area contributed by atoms with E-state index >= 15 is 0 Å². The Labute approximate surface area is 87.0 Å². The van der Waals surface area contributed by atoms with Gasteiger partial charge in [0.25, 0.3) is 0 Å². The van der Waals surface area contributed by atoms with Crippen LogP contribution in [0.15, 0.2) is 11.4 Å². The molecule has 1 aromatic rings. The predicted octanol–water partition coefficient (Wildman–Crippen LogP) is 1.38. The van der Waals surface area contributed by atoms with E-state index in [4.69, 9.17) is 0 Å². The van der Waals surface area contributed by atoms with E-state index in [9.17, 15) is 9.90 Å². The zero-order valence-electron chi connectivity index (χ0n) is 8.01. The van der Waals surface area contributed by atoms with Crippen molar-refractivity contribution in [2.24, 2.45) is 5.92 Å². The van der Waals surface area contributed by atoms with Crippen LogP contribution in [0.5, 0.6) is 0 Å². The van der Waals surface area contributed by atoms with Crippen molar-refractivity contribution in [1.29, 1.82) is 0 Å². The molecular formula is C10H13NO2S. The van der Waals surface area contributed by atoms with E-state index in [0.29, 0.717) is 12.5 Å². The number of carbonyl (C=O) groups is 1. The van der Waals surface area contributed by atoms with E-state index < -0.39 is 0 Å². The van der Waals surface area contributed by atoms with E-state index in [1.807, 2.05) is 18.4 Å². The monoisotopic (exact) mass is 211 g/mol. The number of aliphatic hydroxyl groups is 1. The summed E-state index contributed by atoms with van der Waals surface area (Å²) >= 11 is 1.45. The summed E-state index contributed by atoms with van der Waals surface area (Å²) in [5.74, 6) is 0.314. The molecule has 2 atom stereocenters. The van der Waals surface area contributed by atoms with E-state index in [1.165, 1.54) is 11.3 Å². The van der Waals surface area contributed by atoms with Crippen LogP contribution in [0.1, 0.15) is 16.6 Å². The van der Waals surface area contributed by atoms with Gasteiger partial charge in [-0.25, -0.2) is 0 Å². The Morgan fingerprint density at radius 1 is 1.64 bits per heavy atom. The van der Waals surface area contributed by atoms with Crippen LogP contribution in [0.3, 0.4) is 0 Å². The molecule has 2 unspecified atom stereocenters. The largest absolute Gasteiger partial charge is 0.391 e. The first-order valence-corrected chi connectivity index (χ1v) is 5.55. The van der Waals surface area contributed by atoms with Crippen LogP contribution >= 0.6 is 11.3 Å². The van der Waals surface area contributed by atoms with Crippen LogP contribution in [0, 0.1) is 5.92 Å². The van der Waals surface area contributed by atoms with E-state index in [2.05, 4.69) is 4.90 Å². The molecule has 0 saturated carbocycles. The molecule has 0 aliphatic carbocycles. The minimum atomic E-state index is -0.241. The molecule has 0 amide bonds. The van der Waals surface area contributed by atoms with Crippen molar-refractivity contribution < 1.29 is 9.90 Å². The molecule has 1 aliphatic rings. The average Bonchev–Trinajstić information content (AvgIpc) is 2.74. The van der Waals surface area contributed by atoms with Crippen LogP contribution in [-0.4, -0.2) is 30.6 Å². The highest BCUT2D eigenvalue weighted by atomic mass is 32.1. The number of aldehydes is 1. The summed E-state index contributed by atoms with van der Waals surface area (Å²) in [6, 6.07) is 1.88. The molecule has 2 rings (SSSR count). The minimum Gasteiger partial charge on any atom is -0.391 e. The Hall–Kier alpha value is -0.870. The Kier molecular flexibility index (Phi) is 2.56. The first-order valence-electron chi connectivity index (χ1n) is 4.67. The van der Waals surface area contributed by atoms with Gasteiger partial charge < -0.3 is 10.0 Å². The fourth-order valence-corrected chi connectivity index (χ4v) is 2.45. The maximum absolute atomic E-state index is 10.5. The van der Waals surface area contributed by atoms with Gasteiger partial charge >= 0.3 is 0 Å². The molecular weight excluding hydrogens is 198 g/mol. The molecule has 0 bridgehead atoms. The number of hydrogen-bond donors (Lipinski definition) is 1. The molecule has 0 radical (unpaired) electrons. The summed E-state index contributed by atoms with van der Waals surface area (Å²) in [4.78, 5) is 13.4. The highest BCUT2D eigenvalue weighted by molar-refractivity contribution is 7.12.